The van der Waals surface area contributed by atoms with E-state index in [2.05, 4.69) is 22.0 Å². The van der Waals surface area contributed by atoms with Crippen LogP contribution in [-0.4, -0.2) is 110 Å². The Hall–Kier alpha value is -3.36. The van der Waals surface area contributed by atoms with Crippen molar-refractivity contribution < 1.29 is 57.1 Å². The highest BCUT2D eigenvalue weighted by Crippen LogP contribution is 2.29. The Morgan fingerprint density at radius 1 is 0.759 bits per heavy atom. The maximum absolute atomic E-state index is 11.9. The number of esters is 2. The van der Waals surface area contributed by atoms with Crippen LogP contribution in [0.1, 0.15) is 142 Å². The molecular weight excluding hydrogens is 752 g/mol. The third-order valence-electron chi connectivity index (χ3n) is 8.47. The standard InChI is InChI=1S/C22H38N2O9.C20H38N2O3/c1-7-29-18-17(24-14(4)25)21(30-12-10-8-9-11-23-20(28)13(2)3)33-22(32-16(6)27)19(18)31-15(5)26;1-17(2,3)25-20(8,9)15-24-19(6,7)12-13-22-16(23)10-11-18(4,5)14-21/h13,17-19,21-22H,7-12H2,1-6H3,(H,23,28)(H,24,25);10-13,15H2,1-9H3,(H,22,23)/t17-,18-,19-,21-,22+;/m1./s1. The average Bonchev–Trinajstić information content (AvgIpc) is 3.07. The number of nitrogens with one attached hydrogen (secondary N) is 3. The fourth-order valence-corrected chi connectivity index (χ4v) is 5.69. The van der Waals surface area contributed by atoms with Crippen molar-refractivity contribution in [1.29, 1.82) is 5.26 Å². The van der Waals surface area contributed by atoms with Gasteiger partial charge in [0.25, 0.3) is 0 Å². The van der Waals surface area contributed by atoms with Gasteiger partial charge in [-0.05, 0) is 101 Å². The van der Waals surface area contributed by atoms with Gasteiger partial charge in [-0.3, -0.25) is 24.0 Å². The lowest BCUT2D eigenvalue weighted by atomic mass is 9.90. The van der Waals surface area contributed by atoms with E-state index in [1.807, 2.05) is 76.2 Å². The normalized spacial score (nSPS) is 19.9. The van der Waals surface area contributed by atoms with E-state index in [-0.39, 0.29) is 47.0 Å². The highest BCUT2D eigenvalue weighted by Gasteiger charge is 2.51. The van der Waals surface area contributed by atoms with Gasteiger partial charge in [0, 0.05) is 59.4 Å². The van der Waals surface area contributed by atoms with Gasteiger partial charge in [0.2, 0.25) is 24.0 Å². The predicted molar refractivity (Wildman–Crippen MR) is 218 cm³/mol. The summed E-state index contributed by atoms with van der Waals surface area (Å²) < 4.78 is 40.0. The Bertz CT molecular complexity index is 1320. The van der Waals surface area contributed by atoms with Crippen LogP contribution in [0.15, 0.2) is 0 Å². The second-order valence-electron chi connectivity index (χ2n) is 17.7. The largest absolute Gasteiger partial charge is 0.453 e. The third kappa shape index (κ3) is 25.2. The third-order valence-corrected chi connectivity index (χ3v) is 8.47. The van der Waals surface area contributed by atoms with Gasteiger partial charge in [0.15, 0.2) is 12.4 Å². The zero-order valence-corrected chi connectivity index (χ0v) is 38.1. The Labute approximate surface area is 347 Å². The SMILES string of the molecule is CC(C)(C#N)CCC(=O)NCCC(C)(C)OCC(C)(C)OC(C)(C)C.CCO[C@@H]1[C@@H](NC(C)=O)[C@H](OCCCCCNC(=O)C(C)C)O[C@H](OC(C)=O)[C@@H]1OC(C)=O. The zero-order chi connectivity index (χ0) is 44.9. The molecule has 1 heterocycles. The number of amides is 3. The number of carbonyl (C=O) groups is 5. The van der Waals surface area contributed by atoms with E-state index in [1.165, 1.54) is 20.8 Å². The highest BCUT2D eigenvalue weighted by atomic mass is 16.8. The van der Waals surface area contributed by atoms with Crippen molar-refractivity contribution in [1.82, 2.24) is 16.0 Å². The fraction of sp³-hybridized carbons (Fsp3) is 0.857. The van der Waals surface area contributed by atoms with Crippen molar-refractivity contribution in [3.05, 3.63) is 0 Å². The average molecular weight is 829 g/mol. The molecule has 16 heteroatoms. The highest BCUT2D eigenvalue weighted by molar-refractivity contribution is 5.77. The Balaban J connectivity index is 0.00000117. The summed E-state index contributed by atoms with van der Waals surface area (Å²) in [5.74, 6) is -1.66. The molecule has 0 bridgehead atoms. The molecule has 0 aliphatic carbocycles. The van der Waals surface area contributed by atoms with E-state index in [1.54, 1.807) is 6.92 Å². The summed E-state index contributed by atoms with van der Waals surface area (Å²) in [6.07, 6.45) is -0.303. The number of unbranched alkanes of at least 4 members (excludes halogenated alkanes) is 2. The summed E-state index contributed by atoms with van der Waals surface area (Å²) in [6.45, 7) is 29.2. The van der Waals surface area contributed by atoms with Gasteiger partial charge in [-0.2, -0.15) is 5.26 Å². The predicted octanol–water partition coefficient (Wildman–Crippen LogP) is 5.24. The molecule has 0 spiro atoms. The minimum absolute atomic E-state index is 0.0146. The molecule has 1 aliphatic heterocycles. The first kappa shape index (κ1) is 54.6. The van der Waals surface area contributed by atoms with Crippen LogP contribution in [0.4, 0.5) is 0 Å². The summed E-state index contributed by atoms with van der Waals surface area (Å²) in [4.78, 5) is 58.6. The van der Waals surface area contributed by atoms with Gasteiger partial charge >= 0.3 is 11.9 Å². The molecule has 336 valence electrons. The van der Waals surface area contributed by atoms with Gasteiger partial charge in [-0.15, -0.1) is 0 Å². The molecule has 1 fully saturated rings. The molecule has 1 saturated heterocycles. The molecule has 1 aliphatic rings. The van der Waals surface area contributed by atoms with Crippen LogP contribution < -0.4 is 16.0 Å². The van der Waals surface area contributed by atoms with Crippen LogP contribution in [0.5, 0.6) is 0 Å². The number of hydrogen-bond donors (Lipinski definition) is 3. The summed E-state index contributed by atoms with van der Waals surface area (Å²) in [6, 6.07) is 1.41. The van der Waals surface area contributed by atoms with Crippen molar-refractivity contribution >= 4 is 29.7 Å². The van der Waals surface area contributed by atoms with E-state index in [9.17, 15) is 24.0 Å². The fourth-order valence-electron chi connectivity index (χ4n) is 5.69. The van der Waals surface area contributed by atoms with Crippen molar-refractivity contribution in [2.24, 2.45) is 11.3 Å². The number of ether oxygens (including phenoxy) is 7. The first-order chi connectivity index (χ1) is 26.6. The molecule has 0 aromatic carbocycles. The van der Waals surface area contributed by atoms with Crippen molar-refractivity contribution in [3.63, 3.8) is 0 Å². The Morgan fingerprint density at radius 3 is 1.90 bits per heavy atom. The Morgan fingerprint density at radius 2 is 1.38 bits per heavy atom. The molecule has 58 heavy (non-hydrogen) atoms. The monoisotopic (exact) mass is 829 g/mol. The topological polar surface area (TPSA) is 210 Å². The van der Waals surface area contributed by atoms with Crippen LogP contribution >= 0.6 is 0 Å². The van der Waals surface area contributed by atoms with Crippen molar-refractivity contribution in [3.8, 4) is 6.07 Å². The van der Waals surface area contributed by atoms with E-state index in [0.29, 0.717) is 52.0 Å². The van der Waals surface area contributed by atoms with E-state index in [4.69, 9.17) is 38.4 Å². The molecule has 5 atom stereocenters. The maximum atomic E-state index is 11.9. The first-order valence-corrected chi connectivity index (χ1v) is 20.4. The summed E-state index contributed by atoms with van der Waals surface area (Å²) >= 11 is 0. The number of hydrogen-bond acceptors (Lipinski definition) is 13. The van der Waals surface area contributed by atoms with E-state index in [0.717, 1.165) is 12.8 Å². The second kappa shape index (κ2) is 26.0. The van der Waals surface area contributed by atoms with Crippen LogP contribution in [0.2, 0.25) is 0 Å². The van der Waals surface area contributed by atoms with Crippen molar-refractivity contribution in [2.45, 2.75) is 190 Å². The molecule has 0 radical (unpaired) electrons. The smallest absolute Gasteiger partial charge is 0.305 e. The first-order valence-electron chi connectivity index (χ1n) is 20.4. The number of carbonyl (C=O) groups excluding carboxylic acids is 5. The molecule has 1 rings (SSSR count). The van der Waals surface area contributed by atoms with Gasteiger partial charge in [0.05, 0.1) is 34.9 Å². The Kier molecular flexibility index (Phi) is 24.5. The lowest BCUT2D eigenvalue weighted by molar-refractivity contribution is -0.324. The van der Waals surface area contributed by atoms with Gasteiger partial charge < -0.3 is 49.1 Å². The van der Waals surface area contributed by atoms with Crippen molar-refractivity contribution in [2.75, 3.05) is 32.9 Å². The minimum atomic E-state index is -1.26. The summed E-state index contributed by atoms with van der Waals surface area (Å²) in [7, 11) is 0. The van der Waals surface area contributed by atoms with Gasteiger partial charge in [0.1, 0.15) is 12.1 Å². The molecular formula is C42H76N4O12. The minimum Gasteiger partial charge on any atom is -0.453 e. The molecule has 3 amide bonds. The van der Waals surface area contributed by atoms with Crippen LogP contribution in [-0.2, 0) is 57.1 Å². The number of nitrogens with zero attached hydrogens (tertiary/aromatic N) is 1. The van der Waals surface area contributed by atoms with E-state index < -0.39 is 48.2 Å². The molecule has 0 unspecified atom stereocenters. The zero-order valence-electron chi connectivity index (χ0n) is 38.1. The molecule has 3 N–H and O–H groups in total. The maximum Gasteiger partial charge on any atom is 0.305 e. The lowest BCUT2D eigenvalue weighted by Crippen LogP contribution is -2.66. The van der Waals surface area contributed by atoms with Crippen LogP contribution in [0.25, 0.3) is 0 Å². The molecule has 0 aromatic heterocycles. The lowest BCUT2D eigenvalue weighted by Gasteiger charge is -2.44. The summed E-state index contributed by atoms with van der Waals surface area (Å²) in [5, 5.41) is 17.5. The molecule has 0 saturated carbocycles. The quantitative estimate of drug-likeness (QED) is 0.0890. The van der Waals surface area contributed by atoms with Gasteiger partial charge in [-0.1, -0.05) is 13.8 Å². The van der Waals surface area contributed by atoms with Gasteiger partial charge in [-0.25, -0.2) is 0 Å². The summed E-state index contributed by atoms with van der Waals surface area (Å²) in [5.41, 5.74) is -1.40. The number of rotatable bonds is 23. The second-order valence-corrected chi connectivity index (χ2v) is 17.7. The van der Waals surface area contributed by atoms with Crippen LogP contribution in [0, 0.1) is 22.7 Å². The van der Waals surface area contributed by atoms with E-state index >= 15 is 0 Å². The number of nitriles is 1. The van der Waals surface area contributed by atoms with Crippen LogP contribution in [0.3, 0.4) is 0 Å². The molecule has 0 aromatic rings. The molecule has 16 nitrogen and oxygen atoms in total.